The van der Waals surface area contributed by atoms with Gasteiger partial charge in [0.1, 0.15) is 5.82 Å². The number of fused-ring (bicyclic) bond motifs is 1. The van der Waals surface area contributed by atoms with E-state index < -0.39 is 0 Å². The van der Waals surface area contributed by atoms with Crippen LogP contribution in [0.4, 0.5) is 0 Å². The minimum atomic E-state index is -0.259. The number of amides is 1. The monoisotopic (exact) mass is 353 g/mol. The molecule has 0 saturated heterocycles. The molecule has 0 fully saturated rings. The molecule has 136 valence electrons. The zero-order valence-corrected chi connectivity index (χ0v) is 15.4. The number of para-hydroxylation sites is 3. The van der Waals surface area contributed by atoms with Crippen LogP contribution in [0.1, 0.15) is 36.1 Å². The van der Waals surface area contributed by atoms with Gasteiger partial charge in [0.15, 0.2) is 11.5 Å². The molecule has 0 aliphatic rings. The van der Waals surface area contributed by atoms with Crippen molar-refractivity contribution >= 4 is 16.9 Å². The van der Waals surface area contributed by atoms with Crippen LogP contribution in [0.5, 0.6) is 11.5 Å². The molecule has 0 aliphatic heterocycles. The second-order valence-electron chi connectivity index (χ2n) is 6.38. The number of hydrogen-bond acceptors (Lipinski definition) is 4. The second kappa shape index (κ2) is 7.47. The molecule has 0 radical (unpaired) electrons. The Labute approximate surface area is 152 Å². The lowest BCUT2D eigenvalue weighted by atomic mass is 10.0. The summed E-state index contributed by atoms with van der Waals surface area (Å²) in [6.07, 6.45) is 0. The highest BCUT2D eigenvalue weighted by molar-refractivity contribution is 5.98. The molecule has 1 atom stereocenters. The molecule has 26 heavy (non-hydrogen) atoms. The van der Waals surface area contributed by atoms with Crippen molar-refractivity contribution in [3.63, 3.8) is 0 Å². The number of nitrogens with one attached hydrogen (secondary N) is 2. The maximum absolute atomic E-state index is 12.9. The predicted molar refractivity (Wildman–Crippen MR) is 101 cm³/mol. The Morgan fingerprint density at radius 3 is 2.50 bits per heavy atom. The van der Waals surface area contributed by atoms with E-state index in [1.54, 1.807) is 25.3 Å². The van der Waals surface area contributed by atoms with E-state index in [-0.39, 0.29) is 17.9 Å². The summed E-state index contributed by atoms with van der Waals surface area (Å²) >= 11 is 0. The number of methoxy groups -OCH3 is 2. The molecule has 0 bridgehead atoms. The summed E-state index contributed by atoms with van der Waals surface area (Å²) in [7, 11) is 3.07. The molecular formula is C20H23N3O3. The molecule has 1 unspecified atom stereocenters. The van der Waals surface area contributed by atoms with Crippen molar-refractivity contribution in [3.8, 4) is 11.5 Å². The van der Waals surface area contributed by atoms with Crippen molar-refractivity contribution < 1.29 is 14.3 Å². The Morgan fingerprint density at radius 1 is 1.08 bits per heavy atom. The summed E-state index contributed by atoms with van der Waals surface area (Å²) in [6.45, 7) is 4.09. The van der Waals surface area contributed by atoms with Gasteiger partial charge in [0.05, 0.1) is 36.9 Å². The normalized spacial score (nSPS) is 12.2. The first-order chi connectivity index (χ1) is 12.5. The number of imidazole rings is 1. The molecule has 3 aromatic rings. The maximum Gasteiger partial charge on any atom is 0.255 e. The van der Waals surface area contributed by atoms with Gasteiger partial charge in [0.2, 0.25) is 0 Å². The average Bonchev–Trinajstić information content (AvgIpc) is 3.08. The Hall–Kier alpha value is -3.02. The van der Waals surface area contributed by atoms with Crippen molar-refractivity contribution in [2.75, 3.05) is 14.2 Å². The number of aromatic amines is 1. The number of H-pyrrole nitrogens is 1. The van der Waals surface area contributed by atoms with Gasteiger partial charge >= 0.3 is 0 Å². The first-order valence-electron chi connectivity index (χ1n) is 8.51. The third kappa shape index (κ3) is 3.35. The van der Waals surface area contributed by atoms with Gasteiger partial charge in [-0.15, -0.1) is 0 Å². The van der Waals surface area contributed by atoms with Crippen LogP contribution >= 0.6 is 0 Å². The van der Waals surface area contributed by atoms with Gasteiger partial charge in [-0.2, -0.15) is 0 Å². The van der Waals surface area contributed by atoms with Crippen LogP contribution in [-0.4, -0.2) is 30.1 Å². The highest BCUT2D eigenvalue weighted by Crippen LogP contribution is 2.31. The van der Waals surface area contributed by atoms with Crippen LogP contribution in [0, 0.1) is 5.92 Å². The van der Waals surface area contributed by atoms with E-state index in [2.05, 4.69) is 15.3 Å². The lowest BCUT2D eigenvalue weighted by Crippen LogP contribution is -2.32. The van der Waals surface area contributed by atoms with E-state index >= 15 is 0 Å². The number of benzene rings is 2. The predicted octanol–water partition coefficient (Wildman–Crippen LogP) is 3.71. The standard InChI is InChI=1S/C20H23N3O3/c1-12(2)17(19-21-14-9-5-6-10-15(14)22-19)23-20(24)13-8-7-11-16(25-3)18(13)26-4/h5-12,17H,1-4H3,(H,21,22)(H,23,24). The number of nitrogens with zero attached hydrogens (tertiary/aromatic N) is 1. The van der Waals surface area contributed by atoms with Crippen molar-refractivity contribution in [1.29, 1.82) is 0 Å². The van der Waals surface area contributed by atoms with Crippen LogP contribution in [0.2, 0.25) is 0 Å². The van der Waals surface area contributed by atoms with E-state index in [1.165, 1.54) is 7.11 Å². The molecule has 0 aliphatic carbocycles. The van der Waals surface area contributed by atoms with E-state index in [1.807, 2.05) is 38.1 Å². The highest BCUT2D eigenvalue weighted by Gasteiger charge is 2.24. The third-order valence-corrected chi connectivity index (χ3v) is 4.30. The first kappa shape index (κ1) is 17.8. The molecule has 0 saturated carbocycles. The first-order valence-corrected chi connectivity index (χ1v) is 8.51. The number of carbonyl (C=O) groups is 1. The Bertz CT molecular complexity index is 885. The Balaban J connectivity index is 1.92. The molecule has 2 aromatic carbocycles. The fourth-order valence-electron chi connectivity index (χ4n) is 2.96. The van der Waals surface area contributed by atoms with E-state index in [4.69, 9.17) is 9.47 Å². The zero-order chi connectivity index (χ0) is 18.7. The summed E-state index contributed by atoms with van der Waals surface area (Å²) in [5, 5.41) is 3.07. The molecule has 2 N–H and O–H groups in total. The molecular weight excluding hydrogens is 330 g/mol. The summed E-state index contributed by atoms with van der Waals surface area (Å²) < 4.78 is 10.7. The SMILES string of the molecule is COc1cccc(C(=O)NC(c2nc3ccccc3[nH]2)C(C)C)c1OC. The summed E-state index contributed by atoms with van der Waals surface area (Å²) in [4.78, 5) is 20.8. The van der Waals surface area contributed by atoms with E-state index in [0.717, 1.165) is 16.9 Å². The van der Waals surface area contributed by atoms with Gasteiger partial charge in [-0.3, -0.25) is 4.79 Å². The van der Waals surface area contributed by atoms with Gasteiger partial charge in [0.25, 0.3) is 5.91 Å². The Kier molecular flexibility index (Phi) is 5.11. The number of hydrogen-bond donors (Lipinski definition) is 2. The molecule has 6 nitrogen and oxygen atoms in total. The molecule has 1 aromatic heterocycles. The van der Waals surface area contributed by atoms with Gasteiger partial charge in [-0.1, -0.05) is 32.0 Å². The topological polar surface area (TPSA) is 76.2 Å². The van der Waals surface area contributed by atoms with Gasteiger partial charge in [0, 0.05) is 0 Å². The van der Waals surface area contributed by atoms with Gasteiger partial charge in [-0.25, -0.2) is 4.98 Å². The van der Waals surface area contributed by atoms with Crippen LogP contribution in [0.3, 0.4) is 0 Å². The summed E-state index contributed by atoms with van der Waals surface area (Å²) in [6, 6.07) is 12.8. The molecule has 1 amide bonds. The van der Waals surface area contributed by atoms with Gasteiger partial charge < -0.3 is 19.8 Å². The minimum absolute atomic E-state index is 0.149. The quantitative estimate of drug-likeness (QED) is 0.708. The lowest BCUT2D eigenvalue weighted by Gasteiger charge is -2.21. The smallest absolute Gasteiger partial charge is 0.255 e. The van der Waals surface area contributed by atoms with Crippen molar-refractivity contribution in [1.82, 2.24) is 15.3 Å². The summed E-state index contributed by atoms with van der Waals surface area (Å²) in [5.41, 5.74) is 2.25. The summed E-state index contributed by atoms with van der Waals surface area (Å²) in [5.74, 6) is 1.58. The van der Waals surface area contributed by atoms with Crippen molar-refractivity contribution in [2.24, 2.45) is 5.92 Å². The molecule has 6 heteroatoms. The number of carbonyl (C=O) groups excluding carboxylic acids is 1. The fraction of sp³-hybridized carbons (Fsp3) is 0.300. The second-order valence-corrected chi connectivity index (χ2v) is 6.38. The van der Waals surface area contributed by atoms with Crippen LogP contribution in [-0.2, 0) is 0 Å². The van der Waals surface area contributed by atoms with Crippen LogP contribution in [0.25, 0.3) is 11.0 Å². The molecule has 3 rings (SSSR count). The highest BCUT2D eigenvalue weighted by atomic mass is 16.5. The van der Waals surface area contributed by atoms with Gasteiger partial charge in [-0.05, 0) is 30.2 Å². The van der Waals surface area contributed by atoms with Crippen LogP contribution in [0.15, 0.2) is 42.5 Å². The average molecular weight is 353 g/mol. The number of aromatic nitrogens is 2. The number of rotatable bonds is 6. The van der Waals surface area contributed by atoms with Crippen molar-refractivity contribution in [2.45, 2.75) is 19.9 Å². The molecule has 1 heterocycles. The fourth-order valence-corrected chi connectivity index (χ4v) is 2.96. The van der Waals surface area contributed by atoms with E-state index in [0.29, 0.717) is 17.1 Å². The minimum Gasteiger partial charge on any atom is -0.493 e. The Morgan fingerprint density at radius 2 is 1.85 bits per heavy atom. The maximum atomic E-state index is 12.9. The molecule has 0 spiro atoms. The van der Waals surface area contributed by atoms with E-state index in [9.17, 15) is 4.79 Å². The van der Waals surface area contributed by atoms with Crippen molar-refractivity contribution in [3.05, 3.63) is 53.9 Å². The number of ether oxygens (including phenoxy) is 2. The lowest BCUT2D eigenvalue weighted by molar-refractivity contribution is 0.0919. The van der Waals surface area contributed by atoms with Crippen LogP contribution < -0.4 is 14.8 Å². The third-order valence-electron chi connectivity index (χ3n) is 4.30. The largest absolute Gasteiger partial charge is 0.493 e. The zero-order valence-electron chi connectivity index (χ0n) is 15.4.